The standard InChI is InChI=1S/C75H154N24O13/c1-13-53(10)64(37-87-44-71(107)97-63(28-52(8)9)36-89-48-90-60(25-49(2)3)33-80-39-66(79)102)98-73(109)46-83-31-58(19-16-24-78)94-69(105)42-85-34-61(26-50(4)5)96-72(108)45-88-38-65(54(11)100)99-74(110)47-86-35-62(27-51(6)7)95-70(106)43-82-30-57(18-15-23-77)92-67(103)40-81-29-56(17-14-22-76)93-68(104)41-84-32-59(91-55(12)101)20-21-75(111)112/h49-54,56-65,80-90,100H,13-48,76-78H2,1-12H3,(H2,79,102)(H,91,101)(H,92,103)(H,93,104)(H,94,105)(H,95,106)(H,96,108)(H,97,107)(H,98,109)(H,99,110)(H,111,112)/t53?,54?,56-,57-,58-,59-,60-,61-,62-,63-,64?,65?/m0/s1. The first-order valence-corrected chi connectivity index (χ1v) is 40.9. The van der Waals surface area contributed by atoms with E-state index in [4.69, 9.17) is 28.0 Å². The monoisotopic (exact) mass is 1600 g/mol. The molecular weight excluding hydrogens is 1440 g/mol. The van der Waals surface area contributed by atoms with Gasteiger partial charge in [-0.15, -0.1) is 0 Å². The van der Waals surface area contributed by atoms with Gasteiger partial charge in [0.1, 0.15) is 0 Å². The zero-order valence-electron chi connectivity index (χ0n) is 69.9. The molecule has 0 aliphatic rings. The number of carbonyl (C=O) groups is 11. The SMILES string of the molecule is CCC(C)C(CNCC(=O)N[C@H](CNCN[C@H](CNCC(N)=O)CC(C)C)CC(C)C)NC(=O)CNC[C@H](CCCN)NC(=O)CNC[C@H](CC(C)C)NC(=O)CNCC(NC(=O)CNC[C@H](CC(C)C)NC(=O)CNC[C@H](CCCN)NC(=O)CNC[C@H](CCCN)NC(=O)CNC[C@H](CCC(=O)O)NC(C)=O)C(C)O. The summed E-state index contributed by atoms with van der Waals surface area (Å²) in [5, 5.41) is 81.5. The predicted molar refractivity (Wildman–Crippen MR) is 439 cm³/mol. The number of aliphatic hydroxyl groups is 1. The van der Waals surface area contributed by atoms with Gasteiger partial charge in [0.05, 0.1) is 71.0 Å². The Morgan fingerprint density at radius 1 is 0.330 bits per heavy atom. The third-order valence-electron chi connectivity index (χ3n) is 18.2. The van der Waals surface area contributed by atoms with E-state index in [2.05, 4.69) is 134 Å². The Balaban J connectivity index is 5.21. The highest BCUT2D eigenvalue weighted by Crippen LogP contribution is 2.10. The number of carboxylic acids is 1. The van der Waals surface area contributed by atoms with Crippen LogP contribution in [0.25, 0.3) is 0 Å². The Hall–Kier alpha value is -6.43. The second kappa shape index (κ2) is 65.8. The molecule has 112 heavy (non-hydrogen) atoms. The summed E-state index contributed by atoms with van der Waals surface area (Å²) in [6.07, 6.45) is 6.33. The number of carboxylic acid groups (broad SMARTS) is 1. The van der Waals surface area contributed by atoms with Gasteiger partial charge in [0, 0.05) is 140 Å². The van der Waals surface area contributed by atoms with Gasteiger partial charge in [-0.2, -0.15) is 0 Å². The summed E-state index contributed by atoms with van der Waals surface area (Å²) in [4.78, 5) is 140. The van der Waals surface area contributed by atoms with Crippen LogP contribution in [0.4, 0.5) is 0 Å². The molecular formula is C75H154N24O13. The van der Waals surface area contributed by atoms with E-state index in [0.29, 0.717) is 122 Å². The molecule has 0 rings (SSSR count). The molecule has 37 heteroatoms. The summed E-state index contributed by atoms with van der Waals surface area (Å²) in [6.45, 7) is 28.3. The Morgan fingerprint density at radius 2 is 0.598 bits per heavy atom. The molecule has 0 bridgehead atoms. The molecule has 30 N–H and O–H groups in total. The molecule has 12 atom stereocenters. The van der Waals surface area contributed by atoms with Crippen molar-refractivity contribution in [2.45, 2.75) is 233 Å². The van der Waals surface area contributed by atoms with Crippen molar-refractivity contribution in [3.63, 3.8) is 0 Å². The average molecular weight is 1600 g/mol. The Morgan fingerprint density at radius 3 is 0.902 bits per heavy atom. The van der Waals surface area contributed by atoms with Crippen molar-refractivity contribution >= 4 is 65.0 Å². The van der Waals surface area contributed by atoms with Crippen molar-refractivity contribution in [3.8, 4) is 0 Å². The van der Waals surface area contributed by atoms with Gasteiger partial charge in [0.2, 0.25) is 59.1 Å². The molecule has 0 spiro atoms. The molecule has 37 nitrogen and oxygen atoms in total. The number of rotatable bonds is 73. The first-order chi connectivity index (χ1) is 53.2. The molecule has 0 aliphatic carbocycles. The molecule has 0 aromatic heterocycles. The zero-order chi connectivity index (χ0) is 84.2. The lowest BCUT2D eigenvalue weighted by atomic mass is 9.99. The van der Waals surface area contributed by atoms with Crippen molar-refractivity contribution in [1.29, 1.82) is 0 Å². The van der Waals surface area contributed by atoms with Gasteiger partial charge in [-0.25, -0.2) is 0 Å². The van der Waals surface area contributed by atoms with E-state index >= 15 is 0 Å². The fraction of sp³-hybridized carbons (Fsp3) is 0.853. The van der Waals surface area contributed by atoms with Crippen LogP contribution in [0, 0.1) is 29.6 Å². The quantitative estimate of drug-likeness (QED) is 0.0199. The minimum absolute atomic E-state index is 0.000365. The third kappa shape index (κ3) is 61.1. The second-order valence-corrected chi connectivity index (χ2v) is 31.4. The van der Waals surface area contributed by atoms with Crippen LogP contribution in [0.15, 0.2) is 0 Å². The highest BCUT2D eigenvalue weighted by molar-refractivity contribution is 5.82. The van der Waals surface area contributed by atoms with E-state index in [1.165, 1.54) is 13.8 Å². The number of aliphatic hydroxyl groups excluding tert-OH is 1. The minimum atomic E-state index is -0.994. The van der Waals surface area contributed by atoms with Crippen LogP contribution in [-0.2, 0) is 52.7 Å². The van der Waals surface area contributed by atoms with E-state index < -0.39 is 36.0 Å². The van der Waals surface area contributed by atoms with Gasteiger partial charge in [-0.1, -0.05) is 75.7 Å². The van der Waals surface area contributed by atoms with Gasteiger partial charge in [0.15, 0.2) is 0 Å². The number of nitrogens with one attached hydrogen (secondary N) is 20. The van der Waals surface area contributed by atoms with Gasteiger partial charge in [-0.3, -0.25) is 52.7 Å². The van der Waals surface area contributed by atoms with Crippen LogP contribution in [-0.4, -0.2) is 292 Å². The maximum absolute atomic E-state index is 13.4. The van der Waals surface area contributed by atoms with Crippen molar-refractivity contribution in [2.75, 3.05) is 151 Å². The van der Waals surface area contributed by atoms with Crippen molar-refractivity contribution in [1.82, 2.24) is 106 Å². The third-order valence-corrected chi connectivity index (χ3v) is 18.2. The normalized spacial score (nSPS) is 14.9. The highest BCUT2D eigenvalue weighted by Gasteiger charge is 2.25. The van der Waals surface area contributed by atoms with Gasteiger partial charge >= 0.3 is 5.97 Å². The molecule has 0 fully saturated rings. The van der Waals surface area contributed by atoms with Crippen LogP contribution >= 0.6 is 0 Å². The smallest absolute Gasteiger partial charge is 0.303 e. The molecule has 10 amide bonds. The summed E-state index contributed by atoms with van der Waals surface area (Å²) in [5.41, 5.74) is 22.7. The van der Waals surface area contributed by atoms with Gasteiger partial charge in [-0.05, 0) is 127 Å². The highest BCUT2D eigenvalue weighted by atomic mass is 16.4. The minimum Gasteiger partial charge on any atom is -0.481 e. The van der Waals surface area contributed by atoms with Crippen LogP contribution in [0.1, 0.15) is 167 Å². The lowest BCUT2D eigenvalue weighted by Gasteiger charge is -2.26. The molecule has 0 aliphatic heterocycles. The summed E-state index contributed by atoms with van der Waals surface area (Å²) in [7, 11) is 0. The maximum atomic E-state index is 13.4. The number of nitrogens with two attached hydrogens (primary N) is 4. The van der Waals surface area contributed by atoms with Crippen LogP contribution < -0.4 is 129 Å². The van der Waals surface area contributed by atoms with Gasteiger partial charge in [0.25, 0.3) is 0 Å². The fourth-order valence-corrected chi connectivity index (χ4v) is 12.6. The fourth-order valence-electron chi connectivity index (χ4n) is 12.6. The second-order valence-electron chi connectivity index (χ2n) is 31.4. The van der Waals surface area contributed by atoms with Gasteiger partial charge < -0.3 is 139 Å². The van der Waals surface area contributed by atoms with Crippen molar-refractivity contribution in [2.24, 2.45) is 52.5 Å². The number of hydrogen-bond acceptors (Lipinski definition) is 26. The summed E-state index contributed by atoms with van der Waals surface area (Å²) in [6, 6.07) is -3.13. The van der Waals surface area contributed by atoms with Crippen molar-refractivity contribution in [3.05, 3.63) is 0 Å². The first-order valence-electron chi connectivity index (χ1n) is 40.9. The van der Waals surface area contributed by atoms with E-state index in [1.54, 1.807) is 0 Å². The predicted octanol–water partition coefficient (Wildman–Crippen LogP) is -5.64. The van der Waals surface area contributed by atoms with E-state index in [0.717, 1.165) is 19.3 Å². The van der Waals surface area contributed by atoms with E-state index in [9.17, 15) is 57.8 Å². The largest absolute Gasteiger partial charge is 0.481 e. The molecule has 4 unspecified atom stereocenters. The number of hydrogen-bond donors (Lipinski definition) is 26. The van der Waals surface area contributed by atoms with E-state index in [1.807, 2.05) is 41.5 Å². The average Bonchev–Trinajstić information content (AvgIpc) is 1.02. The summed E-state index contributed by atoms with van der Waals surface area (Å²) < 4.78 is 0. The Kier molecular flexibility index (Phi) is 62.0. The zero-order valence-corrected chi connectivity index (χ0v) is 69.9. The Labute approximate surface area is 667 Å². The first kappa shape index (κ1) is 106. The molecule has 0 saturated heterocycles. The molecule has 0 aromatic rings. The molecule has 0 saturated carbocycles. The molecule has 652 valence electrons. The topological polar surface area (TPSA) is 573 Å². The van der Waals surface area contributed by atoms with Crippen LogP contribution in [0.5, 0.6) is 0 Å². The lowest BCUT2D eigenvalue weighted by molar-refractivity contribution is -0.137. The summed E-state index contributed by atoms with van der Waals surface area (Å²) >= 11 is 0. The number of carbonyl (C=O) groups excluding carboxylic acids is 10. The number of aliphatic carboxylic acids is 1. The lowest BCUT2D eigenvalue weighted by Crippen LogP contribution is -2.53. The number of primary amides is 1. The van der Waals surface area contributed by atoms with E-state index in [-0.39, 0.29) is 218 Å². The summed E-state index contributed by atoms with van der Waals surface area (Å²) in [5.74, 6) is -2.67. The van der Waals surface area contributed by atoms with Crippen LogP contribution in [0.2, 0.25) is 0 Å². The van der Waals surface area contributed by atoms with Crippen LogP contribution in [0.3, 0.4) is 0 Å². The Bertz CT molecular complexity index is 2600. The molecule has 0 heterocycles. The van der Waals surface area contributed by atoms with Crippen molar-refractivity contribution < 1.29 is 63.0 Å². The molecule has 0 aromatic carbocycles. The molecule has 0 radical (unpaired) electrons. The maximum Gasteiger partial charge on any atom is 0.303 e. The number of amides is 10.